The van der Waals surface area contributed by atoms with Crippen molar-refractivity contribution in [2.45, 2.75) is 20.3 Å². The Morgan fingerprint density at radius 1 is 1.24 bits per heavy atom. The lowest BCUT2D eigenvalue weighted by molar-refractivity contribution is 0.565. The molecule has 1 aromatic rings. The number of rotatable bonds is 4. The normalized spacial score (nSPS) is 9.76. The van der Waals surface area contributed by atoms with Crippen molar-refractivity contribution in [1.29, 1.82) is 0 Å². The highest BCUT2D eigenvalue weighted by molar-refractivity contribution is 5.70. The Bertz CT molecular complexity index is 535. The van der Waals surface area contributed by atoms with E-state index >= 15 is 0 Å². The zero-order valence-corrected chi connectivity index (χ0v) is 9.73. The molecule has 0 amide bonds. The van der Waals surface area contributed by atoms with Gasteiger partial charge in [-0.05, 0) is 36.6 Å². The number of benzene rings is 1. The average Bonchev–Trinajstić information content (AvgIpc) is 2.32. The van der Waals surface area contributed by atoms with Gasteiger partial charge in [0, 0.05) is 0 Å². The van der Waals surface area contributed by atoms with E-state index in [0.29, 0.717) is 11.4 Å². The summed E-state index contributed by atoms with van der Waals surface area (Å²) in [4.78, 5) is 27.7. The molecule has 0 heterocycles. The smallest absolute Gasteiger partial charge is 0.211 e. The molecule has 0 saturated heterocycles. The maximum Gasteiger partial charge on any atom is 0.240 e. The Morgan fingerprint density at radius 2 is 1.94 bits per heavy atom. The van der Waals surface area contributed by atoms with Crippen LogP contribution in [0.15, 0.2) is 28.2 Å². The van der Waals surface area contributed by atoms with Crippen LogP contribution in [0, 0.1) is 6.92 Å². The molecule has 0 N–H and O–H groups in total. The third-order valence-corrected chi connectivity index (χ3v) is 2.28. The first-order valence-electron chi connectivity index (χ1n) is 5.19. The number of hydrogen-bond acceptors (Lipinski definition) is 4. The van der Waals surface area contributed by atoms with Crippen LogP contribution < -0.4 is 0 Å². The van der Waals surface area contributed by atoms with E-state index in [0.717, 1.165) is 17.5 Å². The SMILES string of the molecule is CCC=Cc1cc(N=C=O)cc(N=C=O)c1C. The summed E-state index contributed by atoms with van der Waals surface area (Å²) < 4.78 is 0. The molecule has 17 heavy (non-hydrogen) atoms. The van der Waals surface area contributed by atoms with Crippen LogP contribution in [0.2, 0.25) is 0 Å². The van der Waals surface area contributed by atoms with Crippen molar-refractivity contribution < 1.29 is 9.59 Å². The van der Waals surface area contributed by atoms with E-state index in [1.165, 1.54) is 12.2 Å². The minimum Gasteiger partial charge on any atom is -0.211 e. The molecule has 4 nitrogen and oxygen atoms in total. The van der Waals surface area contributed by atoms with Crippen molar-refractivity contribution in [3.05, 3.63) is 29.3 Å². The van der Waals surface area contributed by atoms with Crippen molar-refractivity contribution in [3.63, 3.8) is 0 Å². The summed E-state index contributed by atoms with van der Waals surface area (Å²) >= 11 is 0. The van der Waals surface area contributed by atoms with Crippen LogP contribution in [0.4, 0.5) is 11.4 Å². The van der Waals surface area contributed by atoms with E-state index in [1.54, 1.807) is 12.1 Å². The zero-order chi connectivity index (χ0) is 12.7. The molecule has 0 spiro atoms. The number of hydrogen-bond donors (Lipinski definition) is 0. The van der Waals surface area contributed by atoms with Crippen LogP contribution >= 0.6 is 0 Å². The third-order valence-electron chi connectivity index (χ3n) is 2.28. The monoisotopic (exact) mass is 228 g/mol. The van der Waals surface area contributed by atoms with Crippen LogP contribution in [-0.2, 0) is 9.59 Å². The van der Waals surface area contributed by atoms with Gasteiger partial charge < -0.3 is 0 Å². The first-order chi connectivity index (χ1) is 8.22. The topological polar surface area (TPSA) is 58.9 Å². The van der Waals surface area contributed by atoms with Crippen molar-refractivity contribution in [2.24, 2.45) is 9.98 Å². The van der Waals surface area contributed by atoms with Gasteiger partial charge in [0.1, 0.15) is 0 Å². The fraction of sp³-hybridized carbons (Fsp3) is 0.231. The van der Waals surface area contributed by atoms with Gasteiger partial charge in [0.25, 0.3) is 0 Å². The lowest BCUT2D eigenvalue weighted by Gasteiger charge is -2.04. The summed E-state index contributed by atoms with van der Waals surface area (Å²) in [6.07, 6.45) is 7.73. The number of carbonyl (C=O) groups excluding carboxylic acids is 2. The first kappa shape index (κ1) is 12.8. The van der Waals surface area contributed by atoms with Gasteiger partial charge in [-0.3, -0.25) is 0 Å². The summed E-state index contributed by atoms with van der Waals surface area (Å²) in [5.41, 5.74) is 2.61. The predicted molar refractivity (Wildman–Crippen MR) is 66.1 cm³/mol. The highest BCUT2D eigenvalue weighted by atomic mass is 16.1. The number of aliphatic imine (C=N–C) groups is 2. The fourth-order valence-electron chi connectivity index (χ4n) is 1.41. The zero-order valence-electron chi connectivity index (χ0n) is 9.73. The Morgan fingerprint density at radius 3 is 2.53 bits per heavy atom. The Labute approximate surface area is 99.4 Å². The van der Waals surface area contributed by atoms with E-state index < -0.39 is 0 Å². The lowest BCUT2D eigenvalue weighted by Crippen LogP contribution is -1.82. The number of allylic oxidation sites excluding steroid dienone is 1. The molecule has 0 aliphatic heterocycles. The van der Waals surface area contributed by atoms with Gasteiger partial charge in [-0.15, -0.1) is 0 Å². The van der Waals surface area contributed by atoms with Crippen molar-refractivity contribution >= 4 is 29.6 Å². The van der Waals surface area contributed by atoms with Crippen LogP contribution in [0.5, 0.6) is 0 Å². The van der Waals surface area contributed by atoms with Gasteiger partial charge in [0.2, 0.25) is 12.2 Å². The number of nitrogens with zero attached hydrogens (tertiary/aromatic N) is 2. The van der Waals surface area contributed by atoms with Gasteiger partial charge >= 0.3 is 0 Å². The molecule has 1 rings (SSSR count). The van der Waals surface area contributed by atoms with Gasteiger partial charge in [0.05, 0.1) is 11.4 Å². The molecule has 0 bridgehead atoms. The second-order valence-corrected chi connectivity index (χ2v) is 3.40. The third kappa shape index (κ3) is 3.35. The molecule has 0 aliphatic rings. The molecule has 4 heteroatoms. The molecule has 0 radical (unpaired) electrons. The summed E-state index contributed by atoms with van der Waals surface area (Å²) in [5, 5.41) is 0. The molecule has 0 unspecified atom stereocenters. The summed E-state index contributed by atoms with van der Waals surface area (Å²) in [6.45, 7) is 3.86. The van der Waals surface area contributed by atoms with Crippen molar-refractivity contribution in [3.8, 4) is 0 Å². The standard InChI is InChI=1S/C13H12N2O2/c1-3-4-5-11-6-12(14-8-16)7-13(10(11)2)15-9-17/h4-7H,3H2,1-2H3. The lowest BCUT2D eigenvalue weighted by atomic mass is 10.0. The van der Waals surface area contributed by atoms with Crippen LogP contribution in [0.3, 0.4) is 0 Å². The molecule has 0 fully saturated rings. The summed E-state index contributed by atoms with van der Waals surface area (Å²) in [7, 11) is 0. The van der Waals surface area contributed by atoms with Gasteiger partial charge in [0.15, 0.2) is 0 Å². The summed E-state index contributed by atoms with van der Waals surface area (Å²) in [5.74, 6) is 0. The maximum absolute atomic E-state index is 10.3. The molecule has 0 aromatic heterocycles. The highest BCUT2D eigenvalue weighted by Gasteiger charge is 2.04. The van der Waals surface area contributed by atoms with E-state index in [4.69, 9.17) is 0 Å². The maximum atomic E-state index is 10.3. The molecule has 1 aromatic carbocycles. The molecule has 0 aliphatic carbocycles. The van der Waals surface area contributed by atoms with Crippen molar-refractivity contribution in [1.82, 2.24) is 0 Å². The molecular weight excluding hydrogens is 216 g/mol. The van der Waals surface area contributed by atoms with Crippen LogP contribution in [0.25, 0.3) is 6.08 Å². The highest BCUT2D eigenvalue weighted by Crippen LogP contribution is 2.29. The number of isocyanates is 2. The molecular formula is C13H12N2O2. The largest absolute Gasteiger partial charge is 0.240 e. The van der Waals surface area contributed by atoms with E-state index in [-0.39, 0.29) is 0 Å². The molecule has 0 atom stereocenters. The predicted octanol–water partition coefficient (Wildman–Crippen LogP) is 3.35. The molecule has 0 saturated carbocycles. The second-order valence-electron chi connectivity index (χ2n) is 3.40. The summed E-state index contributed by atoms with van der Waals surface area (Å²) in [6, 6.07) is 3.30. The Kier molecular flexibility index (Phi) is 4.77. The quantitative estimate of drug-likeness (QED) is 0.586. The van der Waals surface area contributed by atoms with E-state index in [2.05, 4.69) is 9.98 Å². The van der Waals surface area contributed by atoms with E-state index in [1.807, 2.05) is 26.0 Å². The first-order valence-corrected chi connectivity index (χ1v) is 5.19. The Balaban J connectivity index is 3.41. The minimum atomic E-state index is 0.426. The van der Waals surface area contributed by atoms with Crippen molar-refractivity contribution in [2.75, 3.05) is 0 Å². The van der Waals surface area contributed by atoms with Crippen LogP contribution in [-0.4, -0.2) is 12.2 Å². The second kappa shape index (κ2) is 6.33. The Hall–Kier alpha value is -2.28. The van der Waals surface area contributed by atoms with Crippen LogP contribution in [0.1, 0.15) is 24.5 Å². The minimum absolute atomic E-state index is 0.426. The van der Waals surface area contributed by atoms with Gasteiger partial charge in [-0.1, -0.05) is 19.1 Å². The van der Waals surface area contributed by atoms with Gasteiger partial charge in [-0.25, -0.2) is 9.59 Å². The van der Waals surface area contributed by atoms with E-state index in [9.17, 15) is 9.59 Å². The van der Waals surface area contributed by atoms with Gasteiger partial charge in [-0.2, -0.15) is 9.98 Å². The average molecular weight is 228 g/mol. The molecule has 86 valence electrons. The fourth-order valence-corrected chi connectivity index (χ4v) is 1.41.